The van der Waals surface area contributed by atoms with Crippen molar-refractivity contribution < 1.29 is 14.3 Å². The van der Waals surface area contributed by atoms with E-state index in [9.17, 15) is 4.79 Å². The fourth-order valence-electron chi connectivity index (χ4n) is 2.83. The van der Waals surface area contributed by atoms with Crippen molar-refractivity contribution in [1.29, 1.82) is 0 Å². The number of benzene rings is 1. The van der Waals surface area contributed by atoms with Gasteiger partial charge in [-0.3, -0.25) is 4.79 Å². The lowest BCUT2D eigenvalue weighted by molar-refractivity contribution is 0.0921. The third-order valence-corrected chi connectivity index (χ3v) is 4.80. The van der Waals surface area contributed by atoms with Gasteiger partial charge >= 0.3 is 0 Å². The molecule has 1 aromatic carbocycles. The fraction of sp³-hybridized carbons (Fsp3) is 0.368. The predicted molar refractivity (Wildman–Crippen MR) is 98.5 cm³/mol. The van der Waals surface area contributed by atoms with Crippen LogP contribution in [-0.4, -0.2) is 30.4 Å². The Morgan fingerprint density at radius 2 is 1.96 bits per heavy atom. The number of fused-ring (bicyclic) bond motifs is 1. The van der Waals surface area contributed by atoms with Gasteiger partial charge in [0.15, 0.2) is 11.5 Å². The zero-order chi connectivity index (χ0) is 17.8. The van der Waals surface area contributed by atoms with Gasteiger partial charge in [-0.1, -0.05) is 19.9 Å². The van der Waals surface area contributed by atoms with Crippen molar-refractivity contribution in [1.82, 2.24) is 10.3 Å². The van der Waals surface area contributed by atoms with E-state index in [4.69, 9.17) is 9.47 Å². The molecule has 0 aliphatic carbocycles. The van der Waals surface area contributed by atoms with E-state index in [-0.39, 0.29) is 17.9 Å². The number of ether oxygens (including phenoxy) is 2. The summed E-state index contributed by atoms with van der Waals surface area (Å²) in [5, 5.41) is 3.87. The van der Waals surface area contributed by atoms with Gasteiger partial charge in [-0.2, -0.15) is 0 Å². The smallest absolute Gasteiger partial charge is 0.254 e. The van der Waals surface area contributed by atoms with Crippen LogP contribution in [-0.2, 0) is 0 Å². The average Bonchev–Trinajstić information content (AvgIpc) is 2.65. The van der Waals surface area contributed by atoms with Crippen molar-refractivity contribution in [3.8, 4) is 11.5 Å². The second kappa shape index (κ2) is 7.78. The van der Waals surface area contributed by atoms with Crippen LogP contribution >= 0.6 is 11.8 Å². The minimum Gasteiger partial charge on any atom is -0.486 e. The minimum atomic E-state index is -0.127. The second-order valence-electron chi connectivity index (χ2n) is 6.16. The second-order valence-corrected chi connectivity index (χ2v) is 6.95. The Balaban J connectivity index is 1.85. The standard InChI is InChI=1S/C19H22N2O3S/c1-12(2)17(13-6-7-15-16(11-13)24-10-9-23-15)21-18(22)14-5-4-8-20-19(14)25-3/h4-8,11-12,17H,9-10H2,1-3H3,(H,21,22)/t17-/m1/s1. The molecule has 0 saturated carbocycles. The molecule has 0 radical (unpaired) electrons. The van der Waals surface area contributed by atoms with Crippen LogP contribution in [0.2, 0.25) is 0 Å². The number of nitrogens with one attached hydrogen (secondary N) is 1. The quantitative estimate of drug-likeness (QED) is 0.826. The third-order valence-electron chi connectivity index (χ3n) is 4.09. The summed E-state index contributed by atoms with van der Waals surface area (Å²) in [6.45, 7) is 5.28. The van der Waals surface area contributed by atoms with E-state index in [1.807, 2.05) is 24.5 Å². The highest BCUT2D eigenvalue weighted by Gasteiger charge is 2.23. The van der Waals surface area contributed by atoms with Crippen LogP contribution in [0, 0.1) is 5.92 Å². The molecule has 2 heterocycles. The van der Waals surface area contributed by atoms with Gasteiger partial charge in [0.2, 0.25) is 0 Å². The first-order chi connectivity index (χ1) is 12.1. The molecule has 1 amide bonds. The van der Waals surface area contributed by atoms with Crippen LogP contribution in [0.5, 0.6) is 11.5 Å². The first kappa shape index (κ1) is 17.6. The molecule has 25 heavy (non-hydrogen) atoms. The maximum Gasteiger partial charge on any atom is 0.254 e. The summed E-state index contributed by atoms with van der Waals surface area (Å²) in [4.78, 5) is 17.0. The van der Waals surface area contributed by atoms with E-state index in [0.29, 0.717) is 18.8 Å². The predicted octanol–water partition coefficient (Wildman–Crippen LogP) is 3.70. The zero-order valence-corrected chi connectivity index (χ0v) is 15.4. The van der Waals surface area contributed by atoms with Gasteiger partial charge in [0.1, 0.15) is 18.2 Å². The van der Waals surface area contributed by atoms with Crippen molar-refractivity contribution in [2.24, 2.45) is 5.92 Å². The van der Waals surface area contributed by atoms with Crippen LogP contribution in [0.3, 0.4) is 0 Å². The molecule has 5 nitrogen and oxygen atoms in total. The Kier molecular flexibility index (Phi) is 5.48. The summed E-state index contributed by atoms with van der Waals surface area (Å²) in [6.07, 6.45) is 3.61. The number of nitrogens with zero attached hydrogens (tertiary/aromatic N) is 1. The molecule has 3 rings (SSSR count). The lowest BCUT2D eigenvalue weighted by atomic mass is 9.95. The molecule has 0 fully saturated rings. The summed E-state index contributed by atoms with van der Waals surface area (Å²) < 4.78 is 11.2. The van der Waals surface area contributed by atoms with Crippen molar-refractivity contribution in [2.45, 2.75) is 24.9 Å². The van der Waals surface area contributed by atoms with Gasteiger partial charge in [0, 0.05) is 6.20 Å². The Bertz CT molecular complexity index is 764. The van der Waals surface area contributed by atoms with E-state index < -0.39 is 0 Å². The Labute approximate surface area is 152 Å². The number of pyridine rings is 1. The molecular weight excluding hydrogens is 336 g/mol. The summed E-state index contributed by atoms with van der Waals surface area (Å²) in [7, 11) is 0. The van der Waals surface area contributed by atoms with Crippen LogP contribution < -0.4 is 14.8 Å². The van der Waals surface area contributed by atoms with Crippen molar-refractivity contribution >= 4 is 17.7 Å². The minimum absolute atomic E-state index is 0.119. The number of hydrogen-bond acceptors (Lipinski definition) is 5. The molecule has 1 aliphatic heterocycles. The maximum atomic E-state index is 12.8. The highest BCUT2D eigenvalue weighted by Crippen LogP contribution is 2.34. The van der Waals surface area contributed by atoms with Crippen LogP contribution in [0.4, 0.5) is 0 Å². The highest BCUT2D eigenvalue weighted by atomic mass is 32.2. The van der Waals surface area contributed by atoms with Crippen LogP contribution in [0.1, 0.15) is 35.8 Å². The van der Waals surface area contributed by atoms with E-state index in [1.54, 1.807) is 18.3 Å². The molecule has 0 saturated heterocycles. The summed E-state index contributed by atoms with van der Waals surface area (Å²) in [5.41, 5.74) is 1.60. The van der Waals surface area contributed by atoms with Crippen molar-refractivity contribution in [3.63, 3.8) is 0 Å². The van der Waals surface area contributed by atoms with Crippen molar-refractivity contribution in [2.75, 3.05) is 19.5 Å². The molecule has 1 N–H and O–H groups in total. The molecule has 2 aromatic rings. The number of thioether (sulfide) groups is 1. The van der Waals surface area contributed by atoms with Crippen molar-refractivity contribution in [3.05, 3.63) is 47.7 Å². The van der Waals surface area contributed by atoms with Crippen LogP contribution in [0.15, 0.2) is 41.6 Å². The maximum absolute atomic E-state index is 12.8. The zero-order valence-electron chi connectivity index (χ0n) is 14.6. The van der Waals surface area contributed by atoms with E-state index in [1.165, 1.54) is 11.8 Å². The largest absolute Gasteiger partial charge is 0.486 e. The molecule has 1 aliphatic rings. The van der Waals surface area contributed by atoms with Crippen LogP contribution in [0.25, 0.3) is 0 Å². The highest BCUT2D eigenvalue weighted by molar-refractivity contribution is 7.98. The van der Waals surface area contributed by atoms with Gasteiger partial charge < -0.3 is 14.8 Å². The van der Waals surface area contributed by atoms with Gasteiger partial charge in [-0.15, -0.1) is 11.8 Å². The first-order valence-electron chi connectivity index (χ1n) is 8.29. The third kappa shape index (κ3) is 3.90. The Morgan fingerprint density at radius 1 is 1.20 bits per heavy atom. The van der Waals surface area contributed by atoms with Gasteiger partial charge in [0.25, 0.3) is 5.91 Å². The number of hydrogen-bond donors (Lipinski definition) is 1. The van der Waals surface area contributed by atoms with E-state index in [0.717, 1.165) is 22.1 Å². The molecule has 0 bridgehead atoms. The summed E-state index contributed by atoms with van der Waals surface area (Å²) in [5.74, 6) is 1.59. The topological polar surface area (TPSA) is 60.5 Å². The number of rotatable bonds is 5. The molecule has 1 aromatic heterocycles. The van der Waals surface area contributed by atoms with Gasteiger partial charge in [0.05, 0.1) is 11.6 Å². The number of carbonyl (C=O) groups is 1. The molecule has 1 atom stereocenters. The first-order valence-corrected chi connectivity index (χ1v) is 9.52. The SMILES string of the molecule is CSc1ncccc1C(=O)N[C@@H](c1ccc2c(c1)OCCO2)C(C)C. The number of carbonyl (C=O) groups excluding carboxylic acids is 1. The molecule has 0 spiro atoms. The normalized spacial score (nSPS) is 14.2. The monoisotopic (exact) mass is 358 g/mol. The number of aromatic nitrogens is 1. The lowest BCUT2D eigenvalue weighted by Gasteiger charge is -2.25. The average molecular weight is 358 g/mol. The summed E-state index contributed by atoms with van der Waals surface area (Å²) in [6, 6.07) is 9.30. The lowest BCUT2D eigenvalue weighted by Crippen LogP contribution is -2.32. The Hall–Kier alpha value is -2.21. The molecular formula is C19H22N2O3S. The molecule has 6 heteroatoms. The number of amides is 1. The van der Waals surface area contributed by atoms with Gasteiger partial charge in [-0.25, -0.2) is 4.98 Å². The molecule has 132 valence electrons. The Morgan fingerprint density at radius 3 is 2.68 bits per heavy atom. The van der Waals surface area contributed by atoms with E-state index in [2.05, 4.69) is 24.1 Å². The van der Waals surface area contributed by atoms with Gasteiger partial charge in [-0.05, 0) is 42.0 Å². The van der Waals surface area contributed by atoms with E-state index >= 15 is 0 Å². The fourth-order valence-corrected chi connectivity index (χ4v) is 3.38. The summed E-state index contributed by atoms with van der Waals surface area (Å²) >= 11 is 1.47. The molecule has 0 unspecified atom stereocenters.